The number of benzene rings is 7. The Morgan fingerprint density at radius 3 is 1.51 bits per heavy atom. The van der Waals surface area contributed by atoms with Crippen molar-refractivity contribution in [1.29, 1.82) is 0 Å². The number of carbonyl (C=O) groups excluding carboxylic acids is 1. The van der Waals surface area contributed by atoms with Gasteiger partial charge in [-0.05, 0) is 135 Å². The van der Waals surface area contributed by atoms with E-state index in [1.54, 1.807) is 6.07 Å². The fourth-order valence-corrected chi connectivity index (χ4v) is 7.92. The number of anilines is 6. The average molecular weight is 724 g/mol. The number of hydrogen-bond donors (Lipinski definition) is 3. The monoisotopic (exact) mass is 723 g/mol. The van der Waals surface area contributed by atoms with Crippen LogP contribution in [0.4, 0.5) is 34.1 Å². The summed E-state index contributed by atoms with van der Waals surface area (Å²) in [5.41, 5.74) is 17.5. The molecule has 7 aromatic rings. The molecule has 0 aliphatic heterocycles. The average Bonchev–Trinajstić information content (AvgIpc) is 3.17. The molecule has 0 spiro atoms. The van der Waals surface area contributed by atoms with Gasteiger partial charge in [-0.25, -0.2) is 4.79 Å². The highest BCUT2D eigenvalue weighted by Crippen LogP contribution is 2.41. The second kappa shape index (κ2) is 16.0. The lowest BCUT2D eigenvalue weighted by Gasteiger charge is -2.23. The normalized spacial score (nSPS) is 11.1. The number of ether oxygens (including phenoxy) is 1. The zero-order valence-electron chi connectivity index (χ0n) is 32.8. The molecule has 7 rings (SSSR count). The largest absolute Gasteiger partial charge is 0.462 e. The second-order valence-corrected chi connectivity index (χ2v) is 14.6. The van der Waals surface area contributed by atoms with E-state index in [1.165, 1.54) is 50.1 Å². The number of hydrogen-bond acceptors (Lipinski definition) is 5. The van der Waals surface area contributed by atoms with Crippen molar-refractivity contribution in [1.82, 2.24) is 0 Å². The number of para-hydroxylation sites is 1. The van der Waals surface area contributed by atoms with Gasteiger partial charge in [0.25, 0.3) is 0 Å². The molecule has 0 aliphatic rings. The Labute approximate surface area is 325 Å². The first kappa shape index (κ1) is 37.0. The van der Waals surface area contributed by atoms with Crippen LogP contribution in [0.3, 0.4) is 0 Å². The van der Waals surface area contributed by atoms with Gasteiger partial charge in [-0.15, -0.1) is 0 Å². The molecule has 0 radical (unpaired) electrons. The molecule has 0 unspecified atom stereocenters. The molecular formula is C50H49N3O2. The maximum absolute atomic E-state index is 12.9. The van der Waals surface area contributed by atoms with E-state index < -0.39 is 0 Å². The molecule has 276 valence electrons. The third-order valence-corrected chi connectivity index (χ3v) is 10.3. The lowest BCUT2D eigenvalue weighted by Crippen LogP contribution is -2.08. The van der Waals surface area contributed by atoms with Gasteiger partial charge in [-0.3, -0.25) is 0 Å². The molecule has 0 aliphatic carbocycles. The van der Waals surface area contributed by atoms with Crippen LogP contribution < -0.4 is 16.0 Å². The summed E-state index contributed by atoms with van der Waals surface area (Å²) < 4.78 is 5.37. The van der Waals surface area contributed by atoms with E-state index in [1.807, 2.05) is 25.1 Å². The highest BCUT2D eigenvalue weighted by molar-refractivity contribution is 6.01. The summed E-state index contributed by atoms with van der Waals surface area (Å²) in [5.74, 6) is -0.401. The van der Waals surface area contributed by atoms with Gasteiger partial charge in [0, 0.05) is 39.7 Å². The van der Waals surface area contributed by atoms with E-state index in [0.717, 1.165) is 39.2 Å². The maximum Gasteiger partial charge on any atom is 0.340 e. The number of aryl methyl sites for hydroxylation is 6. The smallest absolute Gasteiger partial charge is 0.340 e. The third-order valence-electron chi connectivity index (χ3n) is 10.3. The molecule has 5 nitrogen and oxygen atoms in total. The first-order valence-electron chi connectivity index (χ1n) is 19.0. The van der Waals surface area contributed by atoms with Crippen molar-refractivity contribution in [2.24, 2.45) is 0 Å². The van der Waals surface area contributed by atoms with E-state index >= 15 is 0 Å². The summed E-state index contributed by atoms with van der Waals surface area (Å²) in [6.07, 6.45) is 0. The van der Waals surface area contributed by atoms with Gasteiger partial charge in [0.05, 0.1) is 17.9 Å². The van der Waals surface area contributed by atoms with Crippen LogP contribution in [0.15, 0.2) is 133 Å². The fourth-order valence-electron chi connectivity index (χ4n) is 7.92. The van der Waals surface area contributed by atoms with Gasteiger partial charge in [-0.2, -0.15) is 0 Å². The predicted molar refractivity (Wildman–Crippen MR) is 231 cm³/mol. The summed E-state index contributed by atoms with van der Waals surface area (Å²) in [4.78, 5) is 12.9. The van der Waals surface area contributed by atoms with E-state index in [0.29, 0.717) is 17.9 Å². The van der Waals surface area contributed by atoms with Gasteiger partial charge in [0.15, 0.2) is 0 Å². The van der Waals surface area contributed by atoms with E-state index in [-0.39, 0.29) is 11.9 Å². The van der Waals surface area contributed by atoms with Crippen molar-refractivity contribution in [3.8, 4) is 0 Å². The molecule has 0 saturated carbocycles. The highest BCUT2D eigenvalue weighted by atomic mass is 16.5. The van der Waals surface area contributed by atoms with Gasteiger partial charge < -0.3 is 20.7 Å². The number of carbonyl (C=O) groups is 1. The molecule has 0 fully saturated rings. The quantitative estimate of drug-likeness (QED) is 0.0916. The summed E-state index contributed by atoms with van der Waals surface area (Å²) in [5, 5.41) is 13.1. The molecule has 0 saturated heterocycles. The Hall–Kier alpha value is -6.33. The van der Waals surface area contributed by atoms with Crippen molar-refractivity contribution in [2.75, 3.05) is 22.6 Å². The van der Waals surface area contributed by atoms with Crippen LogP contribution in [0, 0.1) is 41.5 Å². The second-order valence-electron chi connectivity index (χ2n) is 14.6. The highest BCUT2D eigenvalue weighted by Gasteiger charge is 2.22. The van der Waals surface area contributed by atoms with Crippen LogP contribution in [0.1, 0.15) is 73.3 Å². The Kier molecular flexibility index (Phi) is 10.7. The van der Waals surface area contributed by atoms with Gasteiger partial charge in [0.2, 0.25) is 0 Å². The third kappa shape index (κ3) is 7.97. The summed E-state index contributed by atoms with van der Waals surface area (Å²) in [7, 11) is 0. The number of nitrogens with one attached hydrogen (secondary N) is 3. The first-order chi connectivity index (χ1) is 26.6. The Morgan fingerprint density at radius 1 is 0.527 bits per heavy atom. The Balaban J connectivity index is 1.29. The zero-order valence-corrected chi connectivity index (χ0v) is 32.8. The molecule has 0 atom stereocenters. The van der Waals surface area contributed by atoms with E-state index in [2.05, 4.69) is 167 Å². The zero-order chi connectivity index (χ0) is 38.6. The minimum Gasteiger partial charge on any atom is -0.462 e. The fraction of sp³-hybridized carbons (Fsp3) is 0.180. The van der Waals surface area contributed by atoms with E-state index in [4.69, 9.17) is 4.74 Å². The van der Waals surface area contributed by atoms with E-state index in [9.17, 15) is 4.79 Å². The van der Waals surface area contributed by atoms with Crippen molar-refractivity contribution in [3.63, 3.8) is 0 Å². The predicted octanol–water partition coefficient (Wildman–Crippen LogP) is 13.3. The van der Waals surface area contributed by atoms with Crippen molar-refractivity contribution in [2.45, 2.75) is 54.4 Å². The molecule has 0 heterocycles. The molecule has 5 heteroatoms. The molecule has 55 heavy (non-hydrogen) atoms. The van der Waals surface area contributed by atoms with Crippen LogP contribution in [-0.4, -0.2) is 12.6 Å². The summed E-state index contributed by atoms with van der Waals surface area (Å²) >= 11 is 0. The molecule has 7 aromatic carbocycles. The maximum atomic E-state index is 12.9. The van der Waals surface area contributed by atoms with Crippen LogP contribution in [0.5, 0.6) is 0 Å². The topological polar surface area (TPSA) is 62.4 Å². The van der Waals surface area contributed by atoms with Crippen LogP contribution >= 0.6 is 0 Å². The number of esters is 1. The molecular weight excluding hydrogens is 675 g/mol. The Bertz CT molecular complexity index is 2350. The van der Waals surface area contributed by atoms with Gasteiger partial charge in [0.1, 0.15) is 0 Å². The van der Waals surface area contributed by atoms with Gasteiger partial charge in [-0.1, -0.05) is 102 Å². The Morgan fingerprint density at radius 2 is 1.00 bits per heavy atom. The van der Waals surface area contributed by atoms with Crippen LogP contribution in [0.25, 0.3) is 10.8 Å². The van der Waals surface area contributed by atoms with Gasteiger partial charge >= 0.3 is 5.97 Å². The minimum absolute atomic E-state index is 0.0560. The number of rotatable bonds is 11. The summed E-state index contributed by atoms with van der Waals surface area (Å²) in [6, 6.07) is 46.9. The lowest BCUT2D eigenvalue weighted by molar-refractivity contribution is 0.0527. The molecule has 0 amide bonds. The minimum atomic E-state index is -0.345. The van der Waals surface area contributed by atoms with Crippen molar-refractivity contribution in [3.05, 3.63) is 189 Å². The standard InChI is InChI=1S/C50H49N3O2/c1-8-55-50(54)44-15-11-12-16-45(44)53-46-26-25-43(41-13-9-10-14-42(41)46)47(37-17-21-39(22-18-37)51-48-33(4)27-31(2)28-34(48)5)38-19-23-40(24-20-38)52-49-35(6)29-32(3)30-36(49)7/h9-30,47,51-53H,8H2,1-7H3. The molecule has 3 N–H and O–H groups in total. The summed E-state index contributed by atoms with van der Waals surface area (Å²) in [6.45, 7) is 15.1. The molecule has 0 aromatic heterocycles. The van der Waals surface area contributed by atoms with Crippen molar-refractivity contribution >= 4 is 50.9 Å². The SMILES string of the molecule is CCOC(=O)c1ccccc1Nc1ccc(C(c2ccc(Nc3c(C)cc(C)cc3C)cc2)c2ccc(Nc3c(C)cc(C)cc3C)cc2)c2ccccc12. The van der Waals surface area contributed by atoms with Crippen molar-refractivity contribution < 1.29 is 9.53 Å². The molecule has 0 bridgehead atoms. The van der Waals surface area contributed by atoms with Crippen LogP contribution in [0.2, 0.25) is 0 Å². The lowest BCUT2D eigenvalue weighted by atomic mass is 9.82. The number of fused-ring (bicyclic) bond motifs is 1. The first-order valence-corrected chi connectivity index (χ1v) is 19.0. The van der Waals surface area contributed by atoms with Crippen LogP contribution in [-0.2, 0) is 4.74 Å².